The standard InChI is InChI=1S/C33H43N3O7/c1-7-19(3)25(18-37)36-28(30(39)35-22-9-13-23(41-6)14-10-22)33-17-20(4)32(5,43-33)26(27(33)31(36)40)29(38)34-21-11-15-24(16-12-21)42-8-2/h9-16,19-20,25-28,37H,7-8,17-18H2,1-6H3,(H,34,38)(H,35,39)/t19-,20?,25-,26-,27-,28?,32+,33?/m0/s1. The first-order chi connectivity index (χ1) is 20.5. The number of hydrogen-bond donors (Lipinski definition) is 3. The fraction of sp³-hybridized carbons (Fsp3) is 0.545. The molecule has 3 aliphatic rings. The number of methoxy groups -OCH3 is 1. The van der Waals surface area contributed by atoms with Crippen LogP contribution in [0, 0.1) is 23.7 Å². The summed E-state index contributed by atoms with van der Waals surface area (Å²) in [7, 11) is 1.57. The molecule has 5 rings (SSSR count). The van der Waals surface area contributed by atoms with E-state index in [4.69, 9.17) is 14.2 Å². The fourth-order valence-electron chi connectivity index (χ4n) is 7.45. The first kappa shape index (κ1) is 30.8. The first-order valence-electron chi connectivity index (χ1n) is 15.2. The summed E-state index contributed by atoms with van der Waals surface area (Å²) >= 11 is 0. The lowest BCUT2D eigenvalue weighted by Gasteiger charge is -2.39. The van der Waals surface area contributed by atoms with Crippen LogP contribution >= 0.6 is 0 Å². The molecule has 3 amide bonds. The second-order valence-corrected chi connectivity index (χ2v) is 12.2. The molecule has 0 aliphatic carbocycles. The maximum atomic E-state index is 14.5. The zero-order valence-corrected chi connectivity index (χ0v) is 25.8. The van der Waals surface area contributed by atoms with E-state index in [2.05, 4.69) is 10.6 Å². The third-order valence-electron chi connectivity index (χ3n) is 9.92. The Morgan fingerprint density at radius 2 is 1.63 bits per heavy atom. The van der Waals surface area contributed by atoms with E-state index in [-0.39, 0.29) is 30.3 Å². The van der Waals surface area contributed by atoms with Crippen LogP contribution in [0.15, 0.2) is 48.5 Å². The molecule has 1 spiro atoms. The van der Waals surface area contributed by atoms with Crippen molar-refractivity contribution in [1.29, 1.82) is 0 Å². The van der Waals surface area contributed by atoms with Crippen molar-refractivity contribution >= 4 is 29.1 Å². The number of aliphatic hydroxyl groups excluding tert-OH is 1. The summed E-state index contributed by atoms with van der Waals surface area (Å²) in [5.41, 5.74) is -1.08. The van der Waals surface area contributed by atoms with Crippen LogP contribution in [0.2, 0.25) is 0 Å². The summed E-state index contributed by atoms with van der Waals surface area (Å²) < 4.78 is 17.6. The zero-order chi connectivity index (χ0) is 31.1. The molecule has 10 heteroatoms. The van der Waals surface area contributed by atoms with E-state index in [1.54, 1.807) is 55.6 Å². The lowest BCUT2D eigenvalue weighted by Crippen LogP contribution is -2.57. The van der Waals surface area contributed by atoms with E-state index < -0.39 is 41.0 Å². The number of carbonyl (C=O) groups is 3. The maximum Gasteiger partial charge on any atom is 0.250 e. The number of benzene rings is 2. The van der Waals surface area contributed by atoms with E-state index in [1.165, 1.54) is 4.90 Å². The molecule has 2 bridgehead atoms. The highest BCUT2D eigenvalue weighted by Crippen LogP contribution is 2.65. The van der Waals surface area contributed by atoms with Gasteiger partial charge in [0, 0.05) is 11.4 Å². The number of nitrogens with zero attached hydrogens (tertiary/aromatic N) is 1. The van der Waals surface area contributed by atoms with Crippen LogP contribution in [0.4, 0.5) is 11.4 Å². The average Bonchev–Trinajstić information content (AvgIpc) is 3.51. The van der Waals surface area contributed by atoms with Gasteiger partial charge in [-0.25, -0.2) is 0 Å². The van der Waals surface area contributed by atoms with Crippen LogP contribution in [0.3, 0.4) is 0 Å². The van der Waals surface area contributed by atoms with E-state index in [0.717, 1.165) is 0 Å². The highest BCUT2D eigenvalue weighted by molar-refractivity contribution is 6.05. The van der Waals surface area contributed by atoms with Crippen molar-refractivity contribution < 1.29 is 33.7 Å². The van der Waals surface area contributed by atoms with Crippen LogP contribution in [-0.4, -0.2) is 71.3 Å². The predicted octanol–water partition coefficient (Wildman–Crippen LogP) is 4.09. The van der Waals surface area contributed by atoms with E-state index in [9.17, 15) is 19.5 Å². The van der Waals surface area contributed by atoms with Crippen LogP contribution in [0.25, 0.3) is 0 Å². The molecule has 2 aromatic carbocycles. The lowest BCUT2D eigenvalue weighted by atomic mass is 9.62. The molecule has 3 heterocycles. The second-order valence-electron chi connectivity index (χ2n) is 12.2. The second kappa shape index (κ2) is 11.8. The molecule has 0 aromatic heterocycles. The van der Waals surface area contributed by atoms with Gasteiger partial charge in [0.05, 0.1) is 43.8 Å². The fourth-order valence-corrected chi connectivity index (χ4v) is 7.45. The van der Waals surface area contributed by atoms with Gasteiger partial charge in [0.15, 0.2) is 0 Å². The van der Waals surface area contributed by atoms with Crippen LogP contribution in [0.5, 0.6) is 11.5 Å². The molecule has 3 fully saturated rings. The molecule has 3 unspecified atom stereocenters. The third-order valence-corrected chi connectivity index (χ3v) is 9.92. The zero-order valence-electron chi connectivity index (χ0n) is 25.8. The normalized spacial score (nSPS) is 30.5. The highest BCUT2D eigenvalue weighted by atomic mass is 16.5. The lowest BCUT2D eigenvalue weighted by molar-refractivity contribution is -0.149. The first-order valence-corrected chi connectivity index (χ1v) is 15.2. The molecule has 3 aliphatic heterocycles. The summed E-state index contributed by atoms with van der Waals surface area (Å²) in [5.74, 6) is -1.68. The number of amides is 3. The Balaban J connectivity index is 1.53. The Morgan fingerprint density at radius 1 is 1.05 bits per heavy atom. The Kier molecular flexibility index (Phi) is 8.46. The number of carbonyl (C=O) groups excluding carboxylic acids is 3. The van der Waals surface area contributed by atoms with Gasteiger partial charge < -0.3 is 34.9 Å². The van der Waals surface area contributed by atoms with Gasteiger partial charge in [0.2, 0.25) is 17.7 Å². The number of aliphatic hydroxyl groups is 1. The Bertz CT molecular complexity index is 1350. The number of anilines is 2. The number of likely N-dealkylation sites (tertiary alicyclic amines) is 1. The van der Waals surface area contributed by atoms with Crippen molar-refractivity contribution in [2.45, 2.75) is 70.7 Å². The van der Waals surface area contributed by atoms with Gasteiger partial charge in [-0.05, 0) is 80.6 Å². The smallest absolute Gasteiger partial charge is 0.250 e. The Morgan fingerprint density at radius 3 is 2.16 bits per heavy atom. The molecular weight excluding hydrogens is 550 g/mol. The van der Waals surface area contributed by atoms with Crippen LogP contribution in [-0.2, 0) is 19.1 Å². The molecule has 0 saturated carbocycles. The van der Waals surface area contributed by atoms with Crippen LogP contribution < -0.4 is 20.1 Å². The number of fused-ring (bicyclic) bond motifs is 1. The molecule has 232 valence electrons. The molecule has 10 nitrogen and oxygen atoms in total. The minimum absolute atomic E-state index is 0.0956. The number of rotatable bonds is 11. The van der Waals surface area contributed by atoms with E-state index in [1.807, 2.05) is 34.6 Å². The summed E-state index contributed by atoms with van der Waals surface area (Å²) in [6, 6.07) is 12.4. The van der Waals surface area contributed by atoms with Crippen molar-refractivity contribution in [2.24, 2.45) is 23.7 Å². The molecule has 3 N–H and O–H groups in total. The molecule has 2 aromatic rings. The van der Waals surface area contributed by atoms with Gasteiger partial charge in [-0.3, -0.25) is 14.4 Å². The van der Waals surface area contributed by atoms with Crippen molar-refractivity contribution in [1.82, 2.24) is 4.90 Å². The molecule has 8 atom stereocenters. The van der Waals surface area contributed by atoms with Gasteiger partial charge in [-0.15, -0.1) is 0 Å². The van der Waals surface area contributed by atoms with Crippen molar-refractivity contribution in [3.05, 3.63) is 48.5 Å². The summed E-state index contributed by atoms with van der Waals surface area (Å²) in [5, 5.41) is 16.5. The van der Waals surface area contributed by atoms with Gasteiger partial charge in [0.25, 0.3) is 0 Å². The van der Waals surface area contributed by atoms with E-state index >= 15 is 0 Å². The van der Waals surface area contributed by atoms with Crippen molar-refractivity contribution in [3.63, 3.8) is 0 Å². The number of nitrogens with one attached hydrogen (secondary N) is 2. The minimum atomic E-state index is -1.23. The van der Waals surface area contributed by atoms with Crippen molar-refractivity contribution in [2.75, 3.05) is 31.0 Å². The summed E-state index contributed by atoms with van der Waals surface area (Å²) in [4.78, 5) is 44.3. The minimum Gasteiger partial charge on any atom is -0.497 e. The molecule has 43 heavy (non-hydrogen) atoms. The Hall–Kier alpha value is -3.63. The van der Waals surface area contributed by atoms with Gasteiger partial charge in [-0.2, -0.15) is 0 Å². The topological polar surface area (TPSA) is 126 Å². The highest BCUT2D eigenvalue weighted by Gasteiger charge is 2.80. The monoisotopic (exact) mass is 593 g/mol. The maximum absolute atomic E-state index is 14.5. The Labute approximate surface area is 253 Å². The predicted molar refractivity (Wildman–Crippen MR) is 162 cm³/mol. The quantitative estimate of drug-likeness (QED) is 0.358. The average molecular weight is 594 g/mol. The SMILES string of the molecule is CCOc1ccc(NC(=O)[C@@H]2[C@H]3C(=O)N([C@@H](CO)[C@@H](C)CC)C(C(=O)Nc4ccc(OC)cc4)C34CC(C)[C@@]2(C)O4)cc1. The van der Waals surface area contributed by atoms with Crippen molar-refractivity contribution in [3.8, 4) is 11.5 Å². The molecular formula is C33H43N3O7. The number of ether oxygens (including phenoxy) is 3. The van der Waals surface area contributed by atoms with Crippen LogP contribution in [0.1, 0.15) is 47.5 Å². The number of hydrogen-bond acceptors (Lipinski definition) is 7. The summed E-state index contributed by atoms with van der Waals surface area (Å²) in [6.45, 7) is 9.94. The largest absolute Gasteiger partial charge is 0.497 e. The van der Waals surface area contributed by atoms with Gasteiger partial charge in [0.1, 0.15) is 23.1 Å². The summed E-state index contributed by atoms with van der Waals surface area (Å²) in [6.07, 6.45) is 1.12. The molecule has 0 radical (unpaired) electrons. The van der Waals surface area contributed by atoms with Gasteiger partial charge >= 0.3 is 0 Å². The third kappa shape index (κ3) is 5.04. The van der Waals surface area contributed by atoms with E-state index in [0.29, 0.717) is 42.3 Å². The molecule has 3 saturated heterocycles. The van der Waals surface area contributed by atoms with Gasteiger partial charge in [-0.1, -0.05) is 27.2 Å².